The van der Waals surface area contributed by atoms with Crippen molar-refractivity contribution >= 4 is 23.4 Å². The molecule has 1 saturated carbocycles. The fourth-order valence-electron chi connectivity index (χ4n) is 2.76. The summed E-state index contributed by atoms with van der Waals surface area (Å²) in [5.41, 5.74) is 0.0931. The van der Waals surface area contributed by atoms with Crippen LogP contribution in [0.1, 0.15) is 45.6 Å². The predicted octanol–water partition coefficient (Wildman–Crippen LogP) is 2.79. The van der Waals surface area contributed by atoms with Gasteiger partial charge < -0.3 is 10.6 Å². The van der Waals surface area contributed by atoms with Gasteiger partial charge in [0.05, 0.1) is 12.0 Å². The van der Waals surface area contributed by atoms with Gasteiger partial charge in [0.1, 0.15) is 0 Å². The standard InChI is InChI=1S/C17H23ClN2O2/c1-16(2,3)20-14(21)11-19-15(22)17(8-5-9-17)12-6-4-7-13(18)10-12/h4,6-7,10H,5,8-9,11H2,1-3H3,(H,19,22)(H,20,21). The van der Waals surface area contributed by atoms with E-state index in [0.717, 1.165) is 24.8 Å². The normalized spacial score (nSPS) is 16.5. The molecule has 0 radical (unpaired) electrons. The Morgan fingerprint density at radius 3 is 2.45 bits per heavy atom. The first-order valence-electron chi connectivity index (χ1n) is 7.58. The highest BCUT2D eigenvalue weighted by atomic mass is 35.5. The summed E-state index contributed by atoms with van der Waals surface area (Å²) < 4.78 is 0. The Balaban J connectivity index is 2.02. The molecule has 0 heterocycles. The lowest BCUT2D eigenvalue weighted by Gasteiger charge is -2.40. The third-order valence-corrected chi connectivity index (χ3v) is 4.18. The van der Waals surface area contributed by atoms with Crippen LogP contribution in [0.15, 0.2) is 24.3 Å². The average Bonchev–Trinajstić information content (AvgIpc) is 2.33. The maximum atomic E-state index is 12.6. The van der Waals surface area contributed by atoms with E-state index in [0.29, 0.717) is 5.02 Å². The fourth-order valence-corrected chi connectivity index (χ4v) is 2.95. The molecule has 0 spiro atoms. The molecule has 2 amide bonds. The van der Waals surface area contributed by atoms with Gasteiger partial charge in [-0.05, 0) is 51.3 Å². The molecule has 0 aliphatic heterocycles. The van der Waals surface area contributed by atoms with E-state index in [1.54, 1.807) is 6.07 Å². The zero-order valence-electron chi connectivity index (χ0n) is 13.3. The van der Waals surface area contributed by atoms with Crippen LogP contribution in [-0.2, 0) is 15.0 Å². The number of hydrogen-bond donors (Lipinski definition) is 2. The van der Waals surface area contributed by atoms with Crippen molar-refractivity contribution < 1.29 is 9.59 Å². The minimum atomic E-state index is -0.535. The molecule has 0 bridgehead atoms. The molecule has 5 heteroatoms. The van der Waals surface area contributed by atoms with Crippen molar-refractivity contribution in [3.05, 3.63) is 34.9 Å². The van der Waals surface area contributed by atoms with Gasteiger partial charge in [0.15, 0.2) is 0 Å². The van der Waals surface area contributed by atoms with E-state index in [-0.39, 0.29) is 23.9 Å². The zero-order valence-corrected chi connectivity index (χ0v) is 14.1. The zero-order chi connectivity index (χ0) is 16.4. The van der Waals surface area contributed by atoms with Gasteiger partial charge in [0.2, 0.25) is 11.8 Å². The summed E-state index contributed by atoms with van der Waals surface area (Å²) in [6.07, 6.45) is 2.59. The molecule has 4 nitrogen and oxygen atoms in total. The van der Waals surface area contributed by atoms with Crippen molar-refractivity contribution in [1.29, 1.82) is 0 Å². The second-order valence-electron chi connectivity index (χ2n) is 6.93. The number of carbonyl (C=O) groups excluding carboxylic acids is 2. The Labute approximate surface area is 136 Å². The topological polar surface area (TPSA) is 58.2 Å². The van der Waals surface area contributed by atoms with Crippen molar-refractivity contribution in [2.75, 3.05) is 6.54 Å². The molecule has 0 saturated heterocycles. The van der Waals surface area contributed by atoms with Crippen LogP contribution in [0.3, 0.4) is 0 Å². The quantitative estimate of drug-likeness (QED) is 0.895. The van der Waals surface area contributed by atoms with E-state index in [1.807, 2.05) is 39.0 Å². The van der Waals surface area contributed by atoms with E-state index >= 15 is 0 Å². The molecule has 0 aromatic heterocycles. The number of nitrogens with one attached hydrogen (secondary N) is 2. The summed E-state index contributed by atoms with van der Waals surface area (Å²) in [5.74, 6) is -0.272. The van der Waals surface area contributed by atoms with Crippen LogP contribution in [0, 0.1) is 0 Å². The van der Waals surface area contributed by atoms with Gasteiger partial charge in [0.25, 0.3) is 0 Å². The lowest BCUT2D eigenvalue weighted by Crippen LogP contribution is -2.52. The molecule has 1 aromatic rings. The van der Waals surface area contributed by atoms with Crippen LogP contribution >= 0.6 is 11.6 Å². The van der Waals surface area contributed by atoms with Crippen LogP contribution < -0.4 is 10.6 Å². The van der Waals surface area contributed by atoms with Crippen molar-refractivity contribution in [3.8, 4) is 0 Å². The van der Waals surface area contributed by atoms with Crippen molar-refractivity contribution in [2.24, 2.45) is 0 Å². The molecule has 1 fully saturated rings. The molecule has 120 valence electrons. The number of amides is 2. The monoisotopic (exact) mass is 322 g/mol. The second kappa shape index (κ2) is 6.29. The number of halogens is 1. The Morgan fingerprint density at radius 2 is 1.95 bits per heavy atom. The first kappa shape index (κ1) is 16.8. The van der Waals surface area contributed by atoms with Gasteiger partial charge in [-0.25, -0.2) is 0 Å². The van der Waals surface area contributed by atoms with E-state index < -0.39 is 5.41 Å². The third kappa shape index (κ3) is 3.80. The molecule has 2 N–H and O–H groups in total. The van der Waals surface area contributed by atoms with Gasteiger partial charge in [-0.1, -0.05) is 30.2 Å². The highest BCUT2D eigenvalue weighted by Gasteiger charge is 2.45. The number of hydrogen-bond acceptors (Lipinski definition) is 2. The highest BCUT2D eigenvalue weighted by molar-refractivity contribution is 6.30. The highest BCUT2D eigenvalue weighted by Crippen LogP contribution is 2.44. The van der Waals surface area contributed by atoms with E-state index in [9.17, 15) is 9.59 Å². The van der Waals surface area contributed by atoms with Gasteiger partial charge in [-0.3, -0.25) is 9.59 Å². The summed E-state index contributed by atoms with van der Waals surface area (Å²) in [5, 5.41) is 6.23. The first-order valence-corrected chi connectivity index (χ1v) is 7.96. The number of carbonyl (C=O) groups is 2. The average molecular weight is 323 g/mol. The van der Waals surface area contributed by atoms with Gasteiger partial charge in [0, 0.05) is 10.6 Å². The smallest absolute Gasteiger partial charge is 0.239 e. The number of benzene rings is 1. The summed E-state index contributed by atoms with van der Waals surface area (Å²) in [4.78, 5) is 24.4. The van der Waals surface area contributed by atoms with E-state index in [2.05, 4.69) is 10.6 Å². The van der Waals surface area contributed by atoms with Gasteiger partial charge >= 0.3 is 0 Å². The van der Waals surface area contributed by atoms with Crippen molar-refractivity contribution in [3.63, 3.8) is 0 Å². The summed E-state index contributed by atoms with van der Waals surface area (Å²) >= 11 is 6.04. The summed E-state index contributed by atoms with van der Waals surface area (Å²) in [7, 11) is 0. The van der Waals surface area contributed by atoms with Crippen LogP contribution in [0.5, 0.6) is 0 Å². The first-order chi connectivity index (χ1) is 10.2. The van der Waals surface area contributed by atoms with Crippen LogP contribution in [-0.4, -0.2) is 23.9 Å². The number of rotatable bonds is 4. The molecule has 0 unspecified atom stereocenters. The lowest BCUT2D eigenvalue weighted by atomic mass is 9.64. The van der Waals surface area contributed by atoms with Crippen LogP contribution in [0.2, 0.25) is 5.02 Å². The Hall–Kier alpha value is -1.55. The van der Waals surface area contributed by atoms with Crippen LogP contribution in [0.4, 0.5) is 0 Å². The summed E-state index contributed by atoms with van der Waals surface area (Å²) in [6.45, 7) is 5.72. The molecular weight excluding hydrogens is 300 g/mol. The SMILES string of the molecule is CC(C)(C)NC(=O)CNC(=O)C1(c2cccc(Cl)c2)CCC1. The maximum Gasteiger partial charge on any atom is 0.239 e. The Bertz CT molecular complexity index is 574. The van der Waals surface area contributed by atoms with E-state index in [4.69, 9.17) is 11.6 Å². The van der Waals surface area contributed by atoms with Crippen LogP contribution in [0.25, 0.3) is 0 Å². The second-order valence-corrected chi connectivity index (χ2v) is 7.36. The van der Waals surface area contributed by atoms with Crippen molar-refractivity contribution in [1.82, 2.24) is 10.6 Å². The minimum absolute atomic E-state index is 0.00157. The molecule has 0 atom stereocenters. The Kier molecular flexibility index (Phi) is 4.81. The largest absolute Gasteiger partial charge is 0.350 e. The van der Waals surface area contributed by atoms with Crippen molar-refractivity contribution in [2.45, 2.75) is 51.0 Å². The Morgan fingerprint density at radius 1 is 1.27 bits per heavy atom. The summed E-state index contributed by atoms with van der Waals surface area (Å²) in [6, 6.07) is 7.43. The third-order valence-electron chi connectivity index (χ3n) is 3.94. The lowest BCUT2D eigenvalue weighted by molar-refractivity contribution is -0.132. The predicted molar refractivity (Wildman–Crippen MR) is 87.9 cm³/mol. The maximum absolute atomic E-state index is 12.6. The fraction of sp³-hybridized carbons (Fsp3) is 0.529. The molecular formula is C17H23ClN2O2. The minimum Gasteiger partial charge on any atom is -0.350 e. The molecule has 1 aliphatic rings. The molecule has 1 aromatic carbocycles. The van der Waals surface area contributed by atoms with Gasteiger partial charge in [-0.2, -0.15) is 0 Å². The molecule has 22 heavy (non-hydrogen) atoms. The van der Waals surface area contributed by atoms with Gasteiger partial charge in [-0.15, -0.1) is 0 Å². The van der Waals surface area contributed by atoms with E-state index in [1.165, 1.54) is 0 Å². The molecule has 1 aliphatic carbocycles. The molecule has 2 rings (SSSR count).